The molecule has 0 amide bonds. The molecule has 0 spiro atoms. The molecule has 0 radical (unpaired) electrons. The van der Waals surface area contributed by atoms with Crippen molar-refractivity contribution in [1.29, 1.82) is 0 Å². The second-order valence-corrected chi connectivity index (χ2v) is 8.23. The van der Waals surface area contributed by atoms with Crippen molar-refractivity contribution >= 4 is 28.8 Å². The number of rotatable bonds is 7. The largest absolute Gasteiger partial charge is 0.494 e. The highest BCUT2D eigenvalue weighted by Gasteiger charge is 2.29. The molecule has 2 heterocycles. The number of hydrogen-bond donors (Lipinski definition) is 0. The Labute approximate surface area is 213 Å². The molecule has 0 N–H and O–H groups in total. The molecular weight excluding hydrogens is 476 g/mol. The molecule has 0 fully saturated rings. The average Bonchev–Trinajstić information content (AvgIpc) is 3.38. The number of ketones is 1. The fourth-order valence-electron chi connectivity index (χ4n) is 4.19. The van der Waals surface area contributed by atoms with Gasteiger partial charge in [0.1, 0.15) is 34.2 Å². The number of hydrogen-bond acceptors (Lipinski definition) is 8. The summed E-state index contributed by atoms with van der Waals surface area (Å²) in [5.41, 5.74) is 1.94. The van der Waals surface area contributed by atoms with Gasteiger partial charge in [0.2, 0.25) is 5.78 Å². The van der Waals surface area contributed by atoms with Gasteiger partial charge in [-0.3, -0.25) is 4.79 Å². The zero-order chi connectivity index (χ0) is 26.1. The highest BCUT2D eigenvalue weighted by molar-refractivity contribution is 6.14. The number of aryl methyl sites for hydroxylation is 1. The van der Waals surface area contributed by atoms with E-state index < -0.39 is 5.97 Å². The Kier molecular flexibility index (Phi) is 6.31. The number of esters is 1. The topological polar surface area (TPSA) is 93.4 Å². The van der Waals surface area contributed by atoms with E-state index in [1.165, 1.54) is 13.2 Å². The predicted molar refractivity (Wildman–Crippen MR) is 136 cm³/mol. The van der Waals surface area contributed by atoms with Crippen LogP contribution in [0.5, 0.6) is 28.7 Å². The number of carbonyl (C=O) groups is 2. The van der Waals surface area contributed by atoms with Gasteiger partial charge in [-0.25, -0.2) is 4.79 Å². The maximum atomic E-state index is 13.1. The highest BCUT2D eigenvalue weighted by atomic mass is 16.5. The zero-order valence-electron chi connectivity index (χ0n) is 20.7. The molecule has 1 aromatic heterocycles. The molecular formula is C29H24O8. The molecule has 4 aromatic rings. The van der Waals surface area contributed by atoms with Crippen LogP contribution >= 0.6 is 0 Å². The lowest BCUT2D eigenvalue weighted by Gasteiger charge is -2.08. The smallest absolute Gasteiger partial charge is 0.347 e. The summed E-state index contributed by atoms with van der Waals surface area (Å²) in [7, 11) is 3.09. The van der Waals surface area contributed by atoms with Gasteiger partial charge >= 0.3 is 5.97 Å². The van der Waals surface area contributed by atoms with Crippen LogP contribution in [-0.2, 0) is 0 Å². The maximum Gasteiger partial charge on any atom is 0.347 e. The number of methoxy groups -OCH3 is 2. The van der Waals surface area contributed by atoms with Crippen LogP contribution < -0.4 is 23.7 Å². The van der Waals surface area contributed by atoms with Crippen molar-refractivity contribution in [2.45, 2.75) is 13.8 Å². The van der Waals surface area contributed by atoms with Gasteiger partial charge in [0.25, 0.3) is 0 Å². The number of ether oxygens (including phenoxy) is 5. The van der Waals surface area contributed by atoms with Crippen LogP contribution in [0, 0.1) is 6.92 Å². The first-order valence-electron chi connectivity index (χ1n) is 11.6. The summed E-state index contributed by atoms with van der Waals surface area (Å²) in [6.07, 6.45) is 1.62. The number of benzene rings is 3. The quantitative estimate of drug-likeness (QED) is 0.173. The molecule has 8 nitrogen and oxygen atoms in total. The van der Waals surface area contributed by atoms with E-state index in [0.717, 1.165) is 0 Å². The summed E-state index contributed by atoms with van der Waals surface area (Å²) >= 11 is 0. The number of furan rings is 1. The van der Waals surface area contributed by atoms with E-state index in [4.69, 9.17) is 28.1 Å². The second kappa shape index (κ2) is 9.73. The maximum absolute atomic E-state index is 13.1. The van der Waals surface area contributed by atoms with Crippen molar-refractivity contribution in [3.63, 3.8) is 0 Å². The summed E-state index contributed by atoms with van der Waals surface area (Å²) < 4.78 is 33.3. The third kappa shape index (κ3) is 4.49. The zero-order valence-corrected chi connectivity index (χ0v) is 20.7. The standard InChI is InChI=1S/C29H24O8/c1-5-34-18-8-11-22-21(14-18)27(16(2)35-22)29(31)36-19-7-9-20-24(15-19)37-26(28(20)30)13-17-6-10-23(32-3)25(12-17)33-4/h6-15H,5H2,1-4H3. The molecule has 1 aliphatic rings. The van der Waals surface area contributed by atoms with E-state index in [0.29, 0.717) is 63.0 Å². The van der Waals surface area contributed by atoms with E-state index in [1.54, 1.807) is 68.6 Å². The fraction of sp³-hybridized carbons (Fsp3) is 0.172. The molecule has 8 heteroatoms. The second-order valence-electron chi connectivity index (χ2n) is 8.23. The van der Waals surface area contributed by atoms with Gasteiger partial charge < -0.3 is 28.1 Å². The number of Topliss-reactive ketones (excluding diaryl/α,β-unsaturated/α-hetero) is 1. The normalized spacial score (nSPS) is 13.4. The summed E-state index contributed by atoms with van der Waals surface area (Å²) in [6.45, 7) is 4.08. The summed E-state index contributed by atoms with van der Waals surface area (Å²) in [4.78, 5) is 26.0. The molecule has 0 saturated heterocycles. The van der Waals surface area contributed by atoms with Crippen molar-refractivity contribution in [1.82, 2.24) is 0 Å². The number of carbonyl (C=O) groups excluding carboxylic acids is 2. The minimum Gasteiger partial charge on any atom is -0.494 e. The summed E-state index contributed by atoms with van der Waals surface area (Å²) in [5.74, 6) is 1.98. The fourth-order valence-corrected chi connectivity index (χ4v) is 4.19. The molecule has 0 unspecified atom stereocenters. The Hall–Kier alpha value is -4.72. The lowest BCUT2D eigenvalue weighted by atomic mass is 10.1. The monoisotopic (exact) mass is 500 g/mol. The molecule has 5 rings (SSSR count). The molecule has 0 saturated carbocycles. The minimum absolute atomic E-state index is 0.144. The third-order valence-electron chi connectivity index (χ3n) is 5.91. The van der Waals surface area contributed by atoms with Gasteiger partial charge in [0.15, 0.2) is 17.3 Å². The summed E-state index contributed by atoms with van der Waals surface area (Å²) in [5, 5.41) is 0.598. The summed E-state index contributed by atoms with van der Waals surface area (Å²) in [6, 6.07) is 15.2. The van der Waals surface area contributed by atoms with Crippen LogP contribution in [0.2, 0.25) is 0 Å². The van der Waals surface area contributed by atoms with Crippen molar-refractivity contribution in [3.05, 3.63) is 82.8 Å². The van der Waals surface area contributed by atoms with E-state index in [1.807, 2.05) is 6.92 Å². The molecule has 0 bridgehead atoms. The molecule has 188 valence electrons. The Morgan fingerprint density at radius 2 is 1.73 bits per heavy atom. The first kappa shape index (κ1) is 24.0. The van der Waals surface area contributed by atoms with Crippen LogP contribution in [0.25, 0.3) is 17.0 Å². The first-order valence-corrected chi connectivity index (χ1v) is 11.6. The van der Waals surface area contributed by atoms with E-state index in [-0.39, 0.29) is 17.3 Å². The van der Waals surface area contributed by atoms with E-state index in [9.17, 15) is 9.59 Å². The number of allylic oxidation sites excluding steroid dienone is 1. The van der Waals surface area contributed by atoms with Crippen molar-refractivity contribution < 1.29 is 37.7 Å². The Bertz CT molecular complexity index is 1560. The van der Waals surface area contributed by atoms with Gasteiger partial charge in [-0.15, -0.1) is 0 Å². The Morgan fingerprint density at radius 1 is 0.946 bits per heavy atom. The van der Waals surface area contributed by atoms with Crippen LogP contribution in [0.15, 0.2) is 64.8 Å². The van der Waals surface area contributed by atoms with E-state index >= 15 is 0 Å². The van der Waals surface area contributed by atoms with Crippen LogP contribution in [0.4, 0.5) is 0 Å². The van der Waals surface area contributed by atoms with Crippen molar-refractivity contribution in [2.75, 3.05) is 20.8 Å². The Morgan fingerprint density at radius 3 is 2.49 bits per heavy atom. The highest BCUT2D eigenvalue weighted by Crippen LogP contribution is 2.37. The van der Waals surface area contributed by atoms with E-state index in [2.05, 4.69) is 0 Å². The van der Waals surface area contributed by atoms with Gasteiger partial charge in [-0.1, -0.05) is 6.07 Å². The van der Waals surface area contributed by atoms with Crippen molar-refractivity contribution in [2.24, 2.45) is 0 Å². The minimum atomic E-state index is -0.588. The molecule has 3 aromatic carbocycles. The lowest BCUT2D eigenvalue weighted by molar-refractivity contribution is 0.0734. The molecule has 0 aliphatic carbocycles. The molecule has 0 atom stereocenters. The van der Waals surface area contributed by atoms with Crippen molar-refractivity contribution in [3.8, 4) is 28.7 Å². The average molecular weight is 501 g/mol. The van der Waals surface area contributed by atoms with Gasteiger partial charge in [-0.05, 0) is 68.0 Å². The first-order chi connectivity index (χ1) is 17.9. The molecule has 37 heavy (non-hydrogen) atoms. The molecule has 1 aliphatic heterocycles. The SMILES string of the molecule is CCOc1ccc2oc(C)c(C(=O)Oc3ccc4c(c3)OC(=Cc3ccc(OC)c(OC)c3)C4=O)c2c1. The van der Waals surface area contributed by atoms with Crippen LogP contribution in [0.1, 0.15) is 39.0 Å². The van der Waals surface area contributed by atoms with Crippen LogP contribution in [0.3, 0.4) is 0 Å². The number of fused-ring (bicyclic) bond motifs is 2. The van der Waals surface area contributed by atoms with Gasteiger partial charge in [0.05, 0.1) is 26.4 Å². The lowest BCUT2D eigenvalue weighted by Crippen LogP contribution is -2.09. The van der Waals surface area contributed by atoms with Gasteiger partial charge in [0, 0.05) is 11.5 Å². The predicted octanol–water partition coefficient (Wildman–Crippen LogP) is 5.99. The van der Waals surface area contributed by atoms with Crippen LogP contribution in [-0.4, -0.2) is 32.6 Å². The van der Waals surface area contributed by atoms with Gasteiger partial charge in [-0.2, -0.15) is 0 Å². The third-order valence-corrected chi connectivity index (χ3v) is 5.91. The Balaban J connectivity index is 1.39.